The molecule has 0 bridgehead atoms. The van der Waals surface area contributed by atoms with Crippen LogP contribution >= 0.6 is 0 Å². The number of sulfonamides is 1. The van der Waals surface area contributed by atoms with Crippen molar-refractivity contribution in [3.63, 3.8) is 0 Å². The van der Waals surface area contributed by atoms with E-state index in [1.807, 2.05) is 0 Å². The lowest BCUT2D eigenvalue weighted by Crippen LogP contribution is -2.44. The fourth-order valence-electron chi connectivity index (χ4n) is 2.85. The second-order valence-electron chi connectivity index (χ2n) is 7.51. The molecule has 146 valence electrons. The van der Waals surface area contributed by atoms with Crippen molar-refractivity contribution in [1.82, 2.24) is 9.62 Å². The van der Waals surface area contributed by atoms with Crippen LogP contribution in [-0.4, -0.2) is 44.0 Å². The van der Waals surface area contributed by atoms with Gasteiger partial charge in [0.2, 0.25) is 10.0 Å². The molecular formula is C17H23F3N2O3S. The molecule has 0 radical (unpaired) electrons. The molecule has 1 amide bonds. The Morgan fingerprint density at radius 1 is 1.15 bits per heavy atom. The summed E-state index contributed by atoms with van der Waals surface area (Å²) in [4.78, 5) is 13.6. The Hall–Kier alpha value is -1.61. The maximum atomic E-state index is 12.9. The minimum atomic E-state index is -4.32. The minimum Gasteiger partial charge on any atom is -0.338 e. The number of carbonyl (C=O) groups is 1. The van der Waals surface area contributed by atoms with Gasteiger partial charge in [-0.1, -0.05) is 0 Å². The molecule has 1 aromatic carbocycles. The largest absolute Gasteiger partial charge is 0.393 e. The number of hydrogen-bond acceptors (Lipinski definition) is 3. The van der Waals surface area contributed by atoms with Crippen LogP contribution in [-0.2, 0) is 10.0 Å². The van der Waals surface area contributed by atoms with Crippen LogP contribution < -0.4 is 4.72 Å². The summed E-state index contributed by atoms with van der Waals surface area (Å²) < 4.78 is 65.7. The Bertz CT molecular complexity index is 753. The average Bonchev–Trinajstić information content (AvgIpc) is 2.51. The molecule has 1 atom stereocenters. The second-order valence-corrected chi connectivity index (χ2v) is 9.19. The van der Waals surface area contributed by atoms with Gasteiger partial charge in [-0.15, -0.1) is 0 Å². The normalized spacial score (nSPS) is 19.5. The molecule has 2 rings (SSSR count). The van der Waals surface area contributed by atoms with Gasteiger partial charge in [0.25, 0.3) is 5.91 Å². The maximum Gasteiger partial charge on any atom is 0.393 e. The predicted octanol–water partition coefficient (Wildman–Crippen LogP) is 3.18. The molecule has 0 spiro atoms. The fourth-order valence-corrected chi connectivity index (χ4v) is 4.27. The Balaban J connectivity index is 2.14. The van der Waals surface area contributed by atoms with E-state index in [0.717, 1.165) is 0 Å². The SMILES string of the molecule is CC(C)(C)NS(=O)(=O)c1ccc(C(=O)N2CCCC(C(F)(F)F)C2)cc1. The van der Waals surface area contributed by atoms with E-state index in [0.29, 0.717) is 0 Å². The van der Waals surface area contributed by atoms with Gasteiger partial charge in [-0.2, -0.15) is 13.2 Å². The van der Waals surface area contributed by atoms with E-state index in [2.05, 4.69) is 4.72 Å². The molecule has 1 aliphatic heterocycles. The highest BCUT2D eigenvalue weighted by molar-refractivity contribution is 7.89. The number of nitrogens with zero attached hydrogens (tertiary/aromatic N) is 1. The average molecular weight is 392 g/mol. The summed E-state index contributed by atoms with van der Waals surface area (Å²) >= 11 is 0. The summed E-state index contributed by atoms with van der Waals surface area (Å²) in [7, 11) is -3.74. The van der Waals surface area contributed by atoms with Crippen LogP contribution in [0.2, 0.25) is 0 Å². The lowest BCUT2D eigenvalue weighted by Gasteiger charge is -2.33. The standard InChI is InChI=1S/C17H23F3N2O3S/c1-16(2,3)21-26(24,25)14-8-6-12(7-9-14)15(23)22-10-4-5-13(11-22)17(18,19)20/h6-9,13,21H,4-5,10-11H2,1-3H3. The number of halogens is 3. The molecule has 1 heterocycles. The second kappa shape index (κ2) is 7.19. The highest BCUT2D eigenvalue weighted by atomic mass is 32.2. The first-order valence-electron chi connectivity index (χ1n) is 8.30. The van der Waals surface area contributed by atoms with E-state index in [1.54, 1.807) is 20.8 Å². The Labute approximate surface area is 151 Å². The third kappa shape index (κ3) is 5.20. The van der Waals surface area contributed by atoms with E-state index in [1.165, 1.54) is 29.2 Å². The number of nitrogens with one attached hydrogen (secondary N) is 1. The molecule has 5 nitrogen and oxygen atoms in total. The maximum absolute atomic E-state index is 12.9. The van der Waals surface area contributed by atoms with Crippen LogP contribution in [0.5, 0.6) is 0 Å². The van der Waals surface area contributed by atoms with Crippen molar-refractivity contribution in [3.05, 3.63) is 29.8 Å². The predicted molar refractivity (Wildman–Crippen MR) is 91.2 cm³/mol. The lowest BCUT2D eigenvalue weighted by molar-refractivity contribution is -0.184. The summed E-state index contributed by atoms with van der Waals surface area (Å²) in [6, 6.07) is 5.23. The first-order chi connectivity index (χ1) is 11.8. The number of benzene rings is 1. The zero-order valence-electron chi connectivity index (χ0n) is 14.9. The van der Waals surface area contributed by atoms with Crippen molar-refractivity contribution < 1.29 is 26.4 Å². The summed E-state index contributed by atoms with van der Waals surface area (Å²) in [5.41, 5.74) is -0.490. The highest BCUT2D eigenvalue weighted by Gasteiger charge is 2.42. The summed E-state index contributed by atoms with van der Waals surface area (Å²) in [5, 5.41) is 0. The van der Waals surface area contributed by atoms with Gasteiger partial charge in [0, 0.05) is 24.2 Å². The van der Waals surface area contributed by atoms with Crippen molar-refractivity contribution in [3.8, 4) is 0 Å². The first-order valence-corrected chi connectivity index (χ1v) is 9.78. The quantitative estimate of drug-likeness (QED) is 0.859. The van der Waals surface area contributed by atoms with E-state index >= 15 is 0 Å². The fraction of sp³-hybridized carbons (Fsp3) is 0.588. The number of rotatable bonds is 3. The molecule has 1 aromatic rings. The number of carbonyl (C=O) groups excluding carboxylic acids is 1. The Morgan fingerprint density at radius 3 is 2.23 bits per heavy atom. The molecule has 0 aromatic heterocycles. The third-order valence-corrected chi connectivity index (χ3v) is 5.80. The number of hydrogen-bond donors (Lipinski definition) is 1. The molecule has 26 heavy (non-hydrogen) atoms. The van der Waals surface area contributed by atoms with Gasteiger partial charge in [0.1, 0.15) is 0 Å². The first kappa shape index (κ1) is 20.7. The van der Waals surface area contributed by atoms with Gasteiger partial charge in [0.15, 0.2) is 0 Å². The van der Waals surface area contributed by atoms with Crippen LogP contribution in [0.1, 0.15) is 44.0 Å². The van der Waals surface area contributed by atoms with Crippen molar-refractivity contribution in [2.45, 2.75) is 50.2 Å². The van der Waals surface area contributed by atoms with Crippen LogP contribution in [0.15, 0.2) is 29.2 Å². The molecule has 0 aliphatic carbocycles. The number of piperidine rings is 1. The van der Waals surface area contributed by atoms with Crippen LogP contribution in [0.25, 0.3) is 0 Å². The summed E-state index contributed by atoms with van der Waals surface area (Å²) in [6.45, 7) is 5.01. The molecule has 1 N–H and O–H groups in total. The van der Waals surface area contributed by atoms with Crippen LogP contribution in [0.4, 0.5) is 13.2 Å². The third-order valence-electron chi connectivity index (χ3n) is 4.02. The van der Waals surface area contributed by atoms with Crippen molar-refractivity contribution >= 4 is 15.9 Å². The van der Waals surface area contributed by atoms with Crippen LogP contribution in [0.3, 0.4) is 0 Å². The molecular weight excluding hydrogens is 369 g/mol. The molecule has 1 aliphatic rings. The molecule has 0 saturated carbocycles. The van der Waals surface area contributed by atoms with Gasteiger partial charge in [0.05, 0.1) is 10.8 Å². The van der Waals surface area contributed by atoms with E-state index in [4.69, 9.17) is 0 Å². The van der Waals surface area contributed by atoms with Gasteiger partial charge in [-0.3, -0.25) is 4.79 Å². The van der Waals surface area contributed by atoms with E-state index in [9.17, 15) is 26.4 Å². The molecule has 1 saturated heterocycles. The topological polar surface area (TPSA) is 66.5 Å². The smallest absolute Gasteiger partial charge is 0.338 e. The number of alkyl halides is 3. The lowest BCUT2D eigenvalue weighted by atomic mass is 9.97. The monoisotopic (exact) mass is 392 g/mol. The summed E-state index contributed by atoms with van der Waals surface area (Å²) in [5.74, 6) is -2.04. The van der Waals surface area contributed by atoms with E-state index in [-0.39, 0.29) is 36.4 Å². The van der Waals surface area contributed by atoms with Crippen molar-refractivity contribution in [2.24, 2.45) is 5.92 Å². The van der Waals surface area contributed by atoms with Crippen LogP contribution in [0, 0.1) is 5.92 Å². The summed E-state index contributed by atoms with van der Waals surface area (Å²) in [6.07, 6.45) is -4.02. The highest BCUT2D eigenvalue weighted by Crippen LogP contribution is 2.33. The molecule has 9 heteroatoms. The van der Waals surface area contributed by atoms with Gasteiger partial charge < -0.3 is 4.90 Å². The van der Waals surface area contributed by atoms with Gasteiger partial charge in [-0.25, -0.2) is 13.1 Å². The number of amides is 1. The van der Waals surface area contributed by atoms with Crippen molar-refractivity contribution in [2.75, 3.05) is 13.1 Å². The zero-order valence-corrected chi connectivity index (χ0v) is 15.7. The Kier molecular flexibility index (Phi) is 5.72. The Morgan fingerprint density at radius 2 is 1.73 bits per heavy atom. The number of likely N-dealkylation sites (tertiary alicyclic amines) is 1. The zero-order chi connectivity index (χ0) is 19.8. The van der Waals surface area contributed by atoms with Gasteiger partial charge in [-0.05, 0) is 57.9 Å². The van der Waals surface area contributed by atoms with Crippen molar-refractivity contribution in [1.29, 1.82) is 0 Å². The van der Waals surface area contributed by atoms with E-state index < -0.39 is 33.6 Å². The van der Waals surface area contributed by atoms with Gasteiger partial charge >= 0.3 is 6.18 Å². The minimum absolute atomic E-state index is 0.00390. The molecule has 1 fully saturated rings. The molecule has 1 unspecified atom stereocenters.